The van der Waals surface area contributed by atoms with E-state index in [1.807, 2.05) is 30.3 Å². The molecule has 4 unspecified atom stereocenters. The van der Waals surface area contributed by atoms with Crippen molar-refractivity contribution in [3.8, 4) is 40.1 Å². The SMILES string of the molecule is Cc1nc(-c2ccc(C(C)(C)C)cc2)nc(C)c1C(=O)NC(CCN)C(=O)N(C)C1C(=O)NC(C)C(=O)NC(C(=O)NCC#N)Cc2ccc(OCCN)c(c2)-c2cc1ccc2O. The average Bonchev–Trinajstić information content (AvgIpc) is 3.24. The highest BCUT2D eigenvalue weighted by Gasteiger charge is 2.36. The summed E-state index contributed by atoms with van der Waals surface area (Å²) in [6, 6.07) is 14.1. The van der Waals surface area contributed by atoms with Crippen molar-refractivity contribution in [2.45, 2.75) is 84.0 Å². The van der Waals surface area contributed by atoms with Crippen LogP contribution in [0.1, 0.15) is 78.6 Å². The fraction of sp³-hybridized carbons (Fsp3) is 0.391. The highest BCUT2D eigenvalue weighted by atomic mass is 16.5. The first-order valence-electron chi connectivity index (χ1n) is 20.7. The number of carbonyl (C=O) groups is 5. The van der Waals surface area contributed by atoms with Gasteiger partial charge in [-0.15, -0.1) is 0 Å². The van der Waals surface area contributed by atoms with Gasteiger partial charge in [-0.1, -0.05) is 57.2 Å². The molecule has 2 heterocycles. The number of hydrogen-bond donors (Lipinski definition) is 7. The molecule has 63 heavy (non-hydrogen) atoms. The number of nitrogens with one attached hydrogen (secondary N) is 4. The molecular formula is C46H56N10O7. The van der Waals surface area contributed by atoms with E-state index in [1.165, 1.54) is 32.2 Å². The minimum absolute atomic E-state index is 0.00898. The van der Waals surface area contributed by atoms with Crippen LogP contribution in [0.25, 0.3) is 22.5 Å². The molecule has 4 aromatic rings. The number of rotatable bonds is 12. The summed E-state index contributed by atoms with van der Waals surface area (Å²) < 4.78 is 5.95. The second-order valence-electron chi connectivity index (χ2n) is 16.5. The summed E-state index contributed by atoms with van der Waals surface area (Å²) in [4.78, 5) is 80.3. The molecule has 1 aliphatic rings. The number of phenolic OH excluding ortho intramolecular Hbond substituents is 1. The first-order valence-corrected chi connectivity index (χ1v) is 20.7. The fourth-order valence-electron chi connectivity index (χ4n) is 7.37. The van der Waals surface area contributed by atoms with Gasteiger partial charge in [0.1, 0.15) is 48.8 Å². The number of phenols is 1. The van der Waals surface area contributed by atoms with E-state index < -0.39 is 53.7 Å². The van der Waals surface area contributed by atoms with Crippen LogP contribution in [0.5, 0.6) is 11.5 Å². The second-order valence-corrected chi connectivity index (χ2v) is 16.5. The number of nitrogens with two attached hydrogens (primary N) is 2. The Kier molecular flexibility index (Phi) is 15.2. The molecule has 332 valence electrons. The molecule has 1 aliphatic heterocycles. The molecule has 4 bridgehead atoms. The molecule has 17 heteroatoms. The van der Waals surface area contributed by atoms with Gasteiger partial charge >= 0.3 is 0 Å². The van der Waals surface area contributed by atoms with Crippen LogP contribution in [0, 0.1) is 25.2 Å². The third-order valence-electron chi connectivity index (χ3n) is 10.8. The molecule has 0 saturated carbocycles. The standard InChI is InChI=1S/C46H56N10O7/c1-25-38(26(2)52-40(51-25)29-9-12-31(13-10-29)46(4,5)6)43(60)54-34(16-17-47)45(62)56(7)39-30-11-14-36(57)32(24-30)33-22-28(8-15-37(33)63-21-19-49)23-35(42(59)50-20-18-48)55-41(58)27(3)53-44(39)61/h8-15,22,24,27,34-35,39,57H,16-17,19-21,23,47,49H2,1-7H3,(H,50,59)(H,53,61)(H,54,60)(H,55,58). The number of fused-ring (bicyclic) bond motifs is 5. The Balaban J connectivity index is 1.53. The molecule has 0 aliphatic carbocycles. The van der Waals surface area contributed by atoms with Crippen molar-refractivity contribution < 1.29 is 33.8 Å². The summed E-state index contributed by atoms with van der Waals surface area (Å²) in [5, 5.41) is 31.0. The number of nitriles is 1. The van der Waals surface area contributed by atoms with Crippen LogP contribution in [0.3, 0.4) is 0 Å². The number of likely N-dealkylation sites (N-methyl/N-ethyl adjacent to an activating group) is 1. The van der Waals surface area contributed by atoms with Crippen LogP contribution < -0.4 is 37.5 Å². The summed E-state index contributed by atoms with van der Waals surface area (Å²) in [7, 11) is 1.38. The molecule has 17 nitrogen and oxygen atoms in total. The molecule has 4 atom stereocenters. The van der Waals surface area contributed by atoms with E-state index in [2.05, 4.69) is 52.0 Å². The first-order chi connectivity index (χ1) is 29.9. The summed E-state index contributed by atoms with van der Waals surface area (Å²) in [6.07, 6.45) is -0.0346. The summed E-state index contributed by atoms with van der Waals surface area (Å²) >= 11 is 0. The zero-order valence-corrected chi connectivity index (χ0v) is 36.7. The highest BCUT2D eigenvalue weighted by molar-refractivity contribution is 6.00. The van der Waals surface area contributed by atoms with E-state index >= 15 is 0 Å². The van der Waals surface area contributed by atoms with Crippen molar-refractivity contribution >= 4 is 29.5 Å². The quantitative estimate of drug-likeness (QED) is 0.101. The lowest BCUT2D eigenvalue weighted by Gasteiger charge is -2.32. The number of aromatic nitrogens is 2. The number of nitrogens with zero attached hydrogens (tertiary/aromatic N) is 4. The predicted molar refractivity (Wildman–Crippen MR) is 236 cm³/mol. The van der Waals surface area contributed by atoms with E-state index in [9.17, 15) is 29.1 Å². The van der Waals surface area contributed by atoms with Crippen molar-refractivity contribution in [1.82, 2.24) is 36.1 Å². The Morgan fingerprint density at radius 2 is 1.65 bits per heavy atom. The number of hydrogen-bond acceptors (Lipinski definition) is 12. The van der Waals surface area contributed by atoms with Crippen LogP contribution in [0.2, 0.25) is 0 Å². The number of carbonyl (C=O) groups excluding carboxylic acids is 5. The lowest BCUT2D eigenvalue weighted by Crippen LogP contribution is -2.56. The largest absolute Gasteiger partial charge is 0.507 e. The van der Waals surface area contributed by atoms with Gasteiger partial charge in [-0.2, -0.15) is 5.26 Å². The Morgan fingerprint density at radius 3 is 2.27 bits per heavy atom. The predicted octanol–water partition coefficient (Wildman–Crippen LogP) is 2.60. The minimum Gasteiger partial charge on any atom is -0.507 e. The van der Waals surface area contributed by atoms with Crippen LogP contribution in [-0.2, 0) is 31.0 Å². The number of aryl methyl sites for hydroxylation is 2. The highest BCUT2D eigenvalue weighted by Crippen LogP contribution is 2.39. The van der Waals surface area contributed by atoms with Gasteiger partial charge in [0, 0.05) is 36.7 Å². The molecule has 3 aromatic carbocycles. The molecule has 1 aromatic heterocycles. The molecule has 0 saturated heterocycles. The second kappa shape index (κ2) is 20.3. The number of amides is 5. The van der Waals surface area contributed by atoms with Crippen molar-refractivity contribution in [3.63, 3.8) is 0 Å². The molecule has 9 N–H and O–H groups in total. The first kappa shape index (κ1) is 47.2. The van der Waals surface area contributed by atoms with E-state index in [4.69, 9.17) is 21.5 Å². The lowest BCUT2D eigenvalue weighted by atomic mass is 9.86. The van der Waals surface area contributed by atoms with Crippen LogP contribution in [0.4, 0.5) is 0 Å². The van der Waals surface area contributed by atoms with Crippen molar-refractivity contribution in [2.75, 3.05) is 33.3 Å². The van der Waals surface area contributed by atoms with Gasteiger partial charge < -0.3 is 47.5 Å². The van der Waals surface area contributed by atoms with Gasteiger partial charge in [-0.25, -0.2) is 9.97 Å². The van der Waals surface area contributed by atoms with Gasteiger partial charge in [-0.05, 0) is 80.1 Å². The van der Waals surface area contributed by atoms with E-state index in [-0.39, 0.29) is 66.9 Å². The van der Waals surface area contributed by atoms with Crippen molar-refractivity contribution in [2.24, 2.45) is 11.5 Å². The van der Waals surface area contributed by atoms with Crippen molar-refractivity contribution in [1.29, 1.82) is 5.26 Å². The van der Waals surface area contributed by atoms with Crippen LogP contribution in [-0.4, -0.2) is 101 Å². The monoisotopic (exact) mass is 860 g/mol. The maximum Gasteiger partial charge on any atom is 0.255 e. The Morgan fingerprint density at radius 1 is 0.968 bits per heavy atom. The lowest BCUT2D eigenvalue weighted by molar-refractivity contribution is -0.141. The molecule has 0 fully saturated rings. The topological polar surface area (TPSA) is 268 Å². The normalized spacial score (nSPS) is 16.9. The Labute approximate surface area is 367 Å². The van der Waals surface area contributed by atoms with E-state index in [0.29, 0.717) is 34.1 Å². The van der Waals surface area contributed by atoms with Crippen LogP contribution in [0.15, 0.2) is 60.7 Å². The number of ether oxygens (including phenoxy) is 1. The minimum atomic E-state index is -1.44. The van der Waals surface area contributed by atoms with Gasteiger partial charge in [0.25, 0.3) is 5.91 Å². The zero-order chi connectivity index (χ0) is 46.2. The summed E-state index contributed by atoms with van der Waals surface area (Å²) in [5.74, 6) is -2.87. The number of aromatic hydroxyl groups is 1. The maximum absolute atomic E-state index is 14.6. The third kappa shape index (κ3) is 11.1. The molecule has 5 rings (SSSR count). The molecule has 0 radical (unpaired) electrons. The maximum atomic E-state index is 14.6. The van der Waals surface area contributed by atoms with Gasteiger partial charge in [0.05, 0.1) is 23.0 Å². The summed E-state index contributed by atoms with van der Waals surface area (Å²) in [5.41, 5.74) is 16.0. The summed E-state index contributed by atoms with van der Waals surface area (Å²) in [6.45, 7) is 11.1. The van der Waals surface area contributed by atoms with Crippen molar-refractivity contribution in [3.05, 3.63) is 94.3 Å². The number of benzene rings is 3. The van der Waals surface area contributed by atoms with Crippen LogP contribution >= 0.6 is 0 Å². The smallest absolute Gasteiger partial charge is 0.255 e. The van der Waals surface area contributed by atoms with E-state index in [1.54, 1.807) is 32.0 Å². The Hall–Kier alpha value is -6.90. The molecule has 0 spiro atoms. The van der Waals surface area contributed by atoms with E-state index in [0.717, 1.165) is 16.0 Å². The van der Waals surface area contributed by atoms with Gasteiger partial charge in [0.2, 0.25) is 23.6 Å². The molecular weight excluding hydrogens is 805 g/mol. The molecule has 5 amide bonds. The Bertz CT molecular complexity index is 2380. The average molecular weight is 861 g/mol. The zero-order valence-electron chi connectivity index (χ0n) is 36.7. The third-order valence-corrected chi connectivity index (χ3v) is 10.8. The fourth-order valence-corrected chi connectivity index (χ4v) is 7.37. The van der Waals surface area contributed by atoms with Gasteiger partial charge in [0.15, 0.2) is 5.82 Å². The van der Waals surface area contributed by atoms with Gasteiger partial charge in [-0.3, -0.25) is 24.0 Å².